The van der Waals surface area contributed by atoms with Crippen LogP contribution in [0.5, 0.6) is 5.75 Å². The lowest BCUT2D eigenvalue weighted by Gasteiger charge is -2.13. The molecule has 0 amide bonds. The molecule has 0 saturated heterocycles. The molecule has 0 spiro atoms. The Morgan fingerprint density at radius 3 is 2.20 bits per heavy atom. The van der Waals surface area contributed by atoms with Gasteiger partial charge in [-0.15, -0.1) is 10.2 Å². The minimum Gasteiger partial charge on any atom is -0.507 e. The van der Waals surface area contributed by atoms with Crippen LogP contribution in [-0.2, 0) is 0 Å². The van der Waals surface area contributed by atoms with Crippen molar-refractivity contribution in [2.24, 2.45) is 10.2 Å². The average Bonchev–Trinajstić information content (AvgIpc) is 2.75. The third-order valence-electron chi connectivity index (χ3n) is 5.57. The topological polar surface area (TPSA) is 125 Å². The maximum atomic E-state index is 10.6. The minimum absolute atomic E-state index is 0.103. The molecular formula is C25H27ClN8O. The van der Waals surface area contributed by atoms with Gasteiger partial charge < -0.3 is 21.1 Å². The number of phenolic OH excluding ortho intramolecular Hbond substituents is 1. The van der Waals surface area contributed by atoms with E-state index < -0.39 is 0 Å². The van der Waals surface area contributed by atoms with E-state index in [9.17, 15) is 5.11 Å². The van der Waals surface area contributed by atoms with Gasteiger partial charge in [0.2, 0.25) is 17.2 Å². The number of azo groups is 1. The Balaban J connectivity index is 1.71. The van der Waals surface area contributed by atoms with Gasteiger partial charge >= 0.3 is 0 Å². The first kappa shape index (κ1) is 24.2. The molecule has 0 aliphatic rings. The number of aryl methyl sites for hydroxylation is 4. The molecular weight excluding hydrogens is 464 g/mol. The zero-order valence-corrected chi connectivity index (χ0v) is 21.2. The van der Waals surface area contributed by atoms with E-state index in [2.05, 4.69) is 30.5 Å². The van der Waals surface area contributed by atoms with Crippen molar-refractivity contribution >= 4 is 57.0 Å². The molecule has 4 aromatic rings. The Hall–Kier alpha value is -3.98. The summed E-state index contributed by atoms with van der Waals surface area (Å²) in [7, 11) is 3.66. The van der Waals surface area contributed by atoms with Crippen molar-refractivity contribution in [2.45, 2.75) is 27.7 Å². The number of anilines is 4. The van der Waals surface area contributed by atoms with Crippen LogP contribution in [0.3, 0.4) is 0 Å². The zero-order valence-electron chi connectivity index (χ0n) is 20.5. The van der Waals surface area contributed by atoms with Gasteiger partial charge in [-0.1, -0.05) is 6.07 Å². The number of nitrogens with zero attached hydrogens (tertiary/aromatic N) is 6. The molecule has 1 heterocycles. The van der Waals surface area contributed by atoms with Gasteiger partial charge in [-0.05, 0) is 91.2 Å². The Morgan fingerprint density at radius 2 is 1.54 bits per heavy atom. The van der Waals surface area contributed by atoms with Gasteiger partial charge in [0.15, 0.2) is 0 Å². The van der Waals surface area contributed by atoms with Crippen molar-refractivity contribution in [3.63, 3.8) is 0 Å². The van der Waals surface area contributed by atoms with Crippen molar-refractivity contribution in [3.05, 3.63) is 57.9 Å². The fourth-order valence-corrected chi connectivity index (χ4v) is 4.07. The number of aromatic nitrogens is 3. The van der Waals surface area contributed by atoms with E-state index in [-0.39, 0.29) is 11.0 Å². The Morgan fingerprint density at radius 1 is 0.886 bits per heavy atom. The third-order valence-corrected chi connectivity index (χ3v) is 5.74. The summed E-state index contributed by atoms with van der Waals surface area (Å²) in [5, 5.41) is 24.4. The number of hydrogen-bond acceptors (Lipinski definition) is 9. The highest BCUT2D eigenvalue weighted by Crippen LogP contribution is 2.42. The summed E-state index contributed by atoms with van der Waals surface area (Å²) in [5.41, 5.74) is 12.4. The Kier molecular flexibility index (Phi) is 6.45. The standard InChI is InChI=1S/C25H27ClN8O/c1-12-7-16-9-13(2)20(27)22(19(16)18(35)8-12)33-32-21-14(3)10-17(11-15(21)4)28-24-29-23(26)30-25(31-24)34(5)6/h7-11,35H,27H2,1-6H3,(H,28,29,30,31). The second kappa shape index (κ2) is 9.34. The highest BCUT2D eigenvalue weighted by Gasteiger charge is 2.14. The van der Waals surface area contributed by atoms with Crippen molar-refractivity contribution < 1.29 is 5.11 Å². The number of aromatic hydroxyl groups is 1. The smallest absolute Gasteiger partial charge is 0.233 e. The molecule has 3 aromatic carbocycles. The SMILES string of the molecule is Cc1cc(O)c2c(N=Nc3c(C)cc(Nc4nc(Cl)nc(N(C)C)n4)cc3C)c(N)c(C)cc2c1. The van der Waals surface area contributed by atoms with Gasteiger partial charge in [0.1, 0.15) is 11.4 Å². The molecule has 180 valence electrons. The van der Waals surface area contributed by atoms with Crippen molar-refractivity contribution in [3.8, 4) is 5.75 Å². The van der Waals surface area contributed by atoms with Crippen LogP contribution in [-0.4, -0.2) is 34.2 Å². The molecule has 0 aliphatic heterocycles. The van der Waals surface area contributed by atoms with E-state index in [0.717, 1.165) is 33.3 Å². The van der Waals surface area contributed by atoms with Gasteiger partial charge in [0.05, 0.1) is 16.8 Å². The van der Waals surface area contributed by atoms with E-state index in [0.29, 0.717) is 34.3 Å². The molecule has 0 saturated carbocycles. The molecule has 0 fully saturated rings. The van der Waals surface area contributed by atoms with Crippen LogP contribution in [0, 0.1) is 27.7 Å². The van der Waals surface area contributed by atoms with Crippen LogP contribution in [0.25, 0.3) is 10.8 Å². The van der Waals surface area contributed by atoms with Crippen LogP contribution < -0.4 is 16.0 Å². The van der Waals surface area contributed by atoms with Crippen LogP contribution in [0.4, 0.5) is 34.6 Å². The summed E-state index contributed by atoms with van der Waals surface area (Å²) in [4.78, 5) is 14.4. The summed E-state index contributed by atoms with van der Waals surface area (Å²) in [6.07, 6.45) is 0. The van der Waals surface area contributed by atoms with Gasteiger partial charge in [0.25, 0.3) is 0 Å². The Bertz CT molecular complexity index is 1460. The van der Waals surface area contributed by atoms with Gasteiger partial charge in [-0.2, -0.15) is 15.0 Å². The highest BCUT2D eigenvalue weighted by molar-refractivity contribution is 6.28. The number of halogens is 1. The monoisotopic (exact) mass is 490 g/mol. The van der Waals surface area contributed by atoms with Crippen LogP contribution in [0.2, 0.25) is 5.28 Å². The molecule has 0 bridgehead atoms. The number of nitrogens with one attached hydrogen (secondary N) is 1. The first-order chi connectivity index (χ1) is 16.5. The van der Waals surface area contributed by atoms with E-state index in [1.807, 2.05) is 66.1 Å². The van der Waals surface area contributed by atoms with Gasteiger partial charge in [0, 0.05) is 19.8 Å². The number of hydrogen-bond donors (Lipinski definition) is 3. The fraction of sp³-hybridized carbons (Fsp3) is 0.240. The van der Waals surface area contributed by atoms with E-state index in [4.69, 9.17) is 17.3 Å². The first-order valence-electron chi connectivity index (χ1n) is 10.9. The van der Waals surface area contributed by atoms with Crippen LogP contribution in [0.15, 0.2) is 40.6 Å². The number of benzene rings is 3. The largest absolute Gasteiger partial charge is 0.507 e. The predicted octanol–water partition coefficient (Wildman–Crippen LogP) is 6.42. The fourth-order valence-electron chi connectivity index (χ4n) is 3.91. The quantitative estimate of drug-likeness (QED) is 0.217. The summed E-state index contributed by atoms with van der Waals surface area (Å²) >= 11 is 6.05. The molecule has 35 heavy (non-hydrogen) atoms. The van der Waals surface area contributed by atoms with Crippen molar-refractivity contribution in [1.82, 2.24) is 15.0 Å². The van der Waals surface area contributed by atoms with Gasteiger partial charge in [-0.3, -0.25) is 0 Å². The van der Waals surface area contributed by atoms with Crippen molar-refractivity contribution in [1.29, 1.82) is 0 Å². The molecule has 0 unspecified atom stereocenters. The minimum atomic E-state index is 0.103. The molecule has 0 aliphatic carbocycles. The summed E-state index contributed by atoms with van der Waals surface area (Å²) < 4.78 is 0. The average molecular weight is 491 g/mol. The molecule has 1 aromatic heterocycles. The molecule has 4 rings (SSSR count). The zero-order chi connectivity index (χ0) is 25.4. The van der Waals surface area contributed by atoms with E-state index in [1.165, 1.54) is 0 Å². The molecule has 10 heteroatoms. The number of fused-ring (bicyclic) bond motifs is 1. The molecule has 0 atom stereocenters. The highest BCUT2D eigenvalue weighted by atomic mass is 35.5. The number of nitrogens with two attached hydrogens (primary N) is 1. The second-order valence-electron chi connectivity index (χ2n) is 8.74. The van der Waals surface area contributed by atoms with Crippen LogP contribution >= 0.6 is 11.6 Å². The lowest BCUT2D eigenvalue weighted by molar-refractivity contribution is 0.481. The lowest BCUT2D eigenvalue weighted by atomic mass is 10.0. The van der Waals surface area contributed by atoms with Crippen molar-refractivity contribution in [2.75, 3.05) is 30.0 Å². The molecule has 0 radical (unpaired) electrons. The predicted molar refractivity (Wildman–Crippen MR) is 142 cm³/mol. The summed E-state index contributed by atoms with van der Waals surface area (Å²) in [6.45, 7) is 7.73. The maximum absolute atomic E-state index is 10.6. The Labute approximate surface area is 208 Å². The van der Waals surface area contributed by atoms with Crippen LogP contribution in [0.1, 0.15) is 22.3 Å². The van der Waals surface area contributed by atoms with Gasteiger partial charge in [-0.25, -0.2) is 0 Å². The lowest BCUT2D eigenvalue weighted by Crippen LogP contribution is -2.14. The second-order valence-corrected chi connectivity index (χ2v) is 9.08. The summed E-state index contributed by atoms with van der Waals surface area (Å²) in [6, 6.07) is 9.48. The number of rotatable bonds is 5. The molecule has 9 nitrogen and oxygen atoms in total. The first-order valence-corrected chi connectivity index (χ1v) is 11.3. The number of phenols is 1. The molecule has 4 N–H and O–H groups in total. The van der Waals surface area contributed by atoms with E-state index >= 15 is 0 Å². The summed E-state index contributed by atoms with van der Waals surface area (Å²) in [5.74, 6) is 0.918. The van der Waals surface area contributed by atoms with E-state index in [1.54, 1.807) is 11.0 Å². The normalized spacial score (nSPS) is 11.4. The third kappa shape index (κ3) is 4.95. The number of nitrogen functional groups attached to an aromatic ring is 1. The maximum Gasteiger partial charge on any atom is 0.233 e.